The van der Waals surface area contributed by atoms with Gasteiger partial charge in [-0.05, 0) is 55.6 Å². The third kappa shape index (κ3) is 7.44. The fourth-order valence-corrected chi connectivity index (χ4v) is 4.09. The monoisotopic (exact) mass is 505 g/mol. The molecule has 0 spiro atoms. The lowest BCUT2D eigenvalue weighted by Crippen LogP contribution is -2.26. The van der Waals surface area contributed by atoms with Crippen molar-refractivity contribution in [2.24, 2.45) is 0 Å². The SMILES string of the molecule is Cl.O=C(NCCCCNCCC(c1ccccc1)c1ccccc1)c1coc(-c2ccccc2O)n1. The van der Waals surface area contributed by atoms with Crippen molar-refractivity contribution in [2.45, 2.75) is 25.2 Å². The number of hydrogen-bond acceptors (Lipinski definition) is 5. The highest BCUT2D eigenvalue weighted by molar-refractivity contribution is 5.92. The minimum absolute atomic E-state index is 0. The fraction of sp³-hybridized carbons (Fsp3) is 0.241. The molecule has 3 N–H and O–H groups in total. The highest BCUT2D eigenvalue weighted by atomic mass is 35.5. The number of para-hydroxylation sites is 1. The van der Waals surface area contributed by atoms with Gasteiger partial charge < -0.3 is 20.2 Å². The van der Waals surface area contributed by atoms with Crippen LogP contribution in [0, 0.1) is 0 Å². The maximum atomic E-state index is 12.3. The van der Waals surface area contributed by atoms with Crippen LogP contribution in [0.25, 0.3) is 11.5 Å². The fourth-order valence-electron chi connectivity index (χ4n) is 4.09. The van der Waals surface area contributed by atoms with Crippen molar-refractivity contribution < 1.29 is 14.3 Å². The zero-order valence-electron chi connectivity index (χ0n) is 20.1. The molecule has 0 aliphatic carbocycles. The first-order valence-electron chi connectivity index (χ1n) is 12.0. The highest BCUT2D eigenvalue weighted by Crippen LogP contribution is 2.28. The Morgan fingerprint density at radius 2 is 1.44 bits per heavy atom. The molecule has 0 aliphatic heterocycles. The molecule has 0 atom stereocenters. The number of benzene rings is 3. The molecule has 1 aromatic heterocycles. The van der Waals surface area contributed by atoms with Crippen molar-refractivity contribution in [1.82, 2.24) is 15.6 Å². The first-order chi connectivity index (χ1) is 17.2. The van der Waals surface area contributed by atoms with Gasteiger partial charge in [-0.15, -0.1) is 12.4 Å². The lowest BCUT2D eigenvalue weighted by atomic mass is 9.88. The van der Waals surface area contributed by atoms with E-state index in [4.69, 9.17) is 4.42 Å². The third-order valence-corrected chi connectivity index (χ3v) is 5.95. The number of aromatic hydroxyl groups is 1. The number of carbonyl (C=O) groups excluding carboxylic acids is 1. The Kier molecular flexibility index (Phi) is 10.5. The van der Waals surface area contributed by atoms with Gasteiger partial charge in [-0.3, -0.25) is 4.79 Å². The third-order valence-electron chi connectivity index (χ3n) is 5.95. The number of phenolic OH excluding ortho intramolecular Hbond substituents is 1. The van der Waals surface area contributed by atoms with Gasteiger partial charge in [0.25, 0.3) is 5.91 Å². The molecule has 188 valence electrons. The van der Waals surface area contributed by atoms with E-state index in [2.05, 4.69) is 76.3 Å². The summed E-state index contributed by atoms with van der Waals surface area (Å²) < 4.78 is 5.37. The summed E-state index contributed by atoms with van der Waals surface area (Å²) in [6.07, 6.45) is 4.16. The van der Waals surface area contributed by atoms with Crippen molar-refractivity contribution in [3.8, 4) is 17.2 Å². The van der Waals surface area contributed by atoms with Gasteiger partial charge in [0.15, 0.2) is 5.69 Å². The van der Waals surface area contributed by atoms with Crippen LogP contribution in [0.4, 0.5) is 0 Å². The van der Waals surface area contributed by atoms with E-state index in [1.54, 1.807) is 24.3 Å². The molecule has 4 aromatic rings. The summed E-state index contributed by atoms with van der Waals surface area (Å²) in [6, 6.07) is 28.0. The normalized spacial score (nSPS) is 10.7. The van der Waals surface area contributed by atoms with E-state index in [9.17, 15) is 9.90 Å². The van der Waals surface area contributed by atoms with E-state index in [1.165, 1.54) is 17.4 Å². The molecule has 7 heteroatoms. The van der Waals surface area contributed by atoms with Crippen molar-refractivity contribution in [2.75, 3.05) is 19.6 Å². The van der Waals surface area contributed by atoms with Crippen LogP contribution in [-0.2, 0) is 0 Å². The van der Waals surface area contributed by atoms with Crippen molar-refractivity contribution >= 4 is 18.3 Å². The molecule has 1 heterocycles. The average Bonchev–Trinajstić information content (AvgIpc) is 3.39. The van der Waals surface area contributed by atoms with Crippen LogP contribution in [0.5, 0.6) is 5.75 Å². The van der Waals surface area contributed by atoms with Crippen LogP contribution in [0.2, 0.25) is 0 Å². The van der Waals surface area contributed by atoms with E-state index in [1.807, 2.05) is 0 Å². The number of carbonyl (C=O) groups is 1. The molecule has 3 aromatic carbocycles. The quantitative estimate of drug-likeness (QED) is 0.212. The second-order valence-corrected chi connectivity index (χ2v) is 8.43. The minimum Gasteiger partial charge on any atom is -0.507 e. The molecule has 0 saturated heterocycles. The molecule has 36 heavy (non-hydrogen) atoms. The molecular formula is C29H32ClN3O3. The van der Waals surface area contributed by atoms with E-state index in [0.29, 0.717) is 18.0 Å². The summed E-state index contributed by atoms with van der Waals surface area (Å²) in [4.78, 5) is 16.5. The summed E-state index contributed by atoms with van der Waals surface area (Å²) in [6.45, 7) is 2.39. The van der Waals surface area contributed by atoms with Gasteiger partial charge in [0.05, 0.1) is 5.56 Å². The second-order valence-electron chi connectivity index (χ2n) is 8.43. The maximum absolute atomic E-state index is 12.3. The van der Waals surface area contributed by atoms with Crippen LogP contribution in [0.15, 0.2) is 95.6 Å². The number of aromatic nitrogens is 1. The largest absolute Gasteiger partial charge is 0.507 e. The van der Waals surface area contributed by atoms with Crippen LogP contribution >= 0.6 is 12.4 Å². The molecule has 0 radical (unpaired) electrons. The number of phenols is 1. The van der Waals surface area contributed by atoms with Crippen LogP contribution < -0.4 is 10.6 Å². The van der Waals surface area contributed by atoms with E-state index in [-0.39, 0.29) is 35.6 Å². The summed E-state index contributed by atoms with van der Waals surface area (Å²) >= 11 is 0. The number of amides is 1. The van der Waals surface area contributed by atoms with Crippen LogP contribution in [0.1, 0.15) is 46.8 Å². The standard InChI is InChI=1S/C29H31N3O3.ClH/c33-27-16-8-7-15-25(27)29-32-26(21-35-29)28(34)31-19-10-9-18-30-20-17-24(22-11-3-1-4-12-22)23-13-5-2-6-14-23;/h1-8,11-16,21,24,30,33H,9-10,17-20H2,(H,31,34);1H. The zero-order chi connectivity index (χ0) is 24.3. The molecular weight excluding hydrogens is 474 g/mol. The van der Waals surface area contributed by atoms with Gasteiger partial charge in [0, 0.05) is 12.5 Å². The smallest absolute Gasteiger partial charge is 0.273 e. The van der Waals surface area contributed by atoms with Gasteiger partial charge in [0.1, 0.15) is 12.0 Å². The number of rotatable bonds is 12. The summed E-state index contributed by atoms with van der Waals surface area (Å²) in [5.74, 6) is 0.376. The summed E-state index contributed by atoms with van der Waals surface area (Å²) in [5.41, 5.74) is 3.33. The van der Waals surface area contributed by atoms with E-state index >= 15 is 0 Å². The van der Waals surface area contributed by atoms with Crippen molar-refractivity contribution in [3.63, 3.8) is 0 Å². The molecule has 0 saturated carbocycles. The Labute approximate surface area is 218 Å². The average molecular weight is 506 g/mol. The topological polar surface area (TPSA) is 87.4 Å². The Morgan fingerprint density at radius 3 is 2.11 bits per heavy atom. The van der Waals surface area contributed by atoms with Crippen LogP contribution in [-0.4, -0.2) is 35.6 Å². The molecule has 0 bridgehead atoms. The lowest BCUT2D eigenvalue weighted by Gasteiger charge is -2.18. The number of nitrogens with one attached hydrogen (secondary N) is 2. The van der Waals surface area contributed by atoms with Gasteiger partial charge >= 0.3 is 0 Å². The van der Waals surface area contributed by atoms with Gasteiger partial charge in [-0.1, -0.05) is 72.8 Å². The van der Waals surface area contributed by atoms with E-state index in [0.717, 1.165) is 32.4 Å². The molecule has 0 aliphatic rings. The van der Waals surface area contributed by atoms with Crippen LogP contribution in [0.3, 0.4) is 0 Å². The number of unbranched alkanes of at least 4 members (excludes halogenated alkanes) is 1. The summed E-state index contributed by atoms with van der Waals surface area (Å²) in [7, 11) is 0. The Morgan fingerprint density at radius 1 is 0.833 bits per heavy atom. The van der Waals surface area contributed by atoms with Crippen molar-refractivity contribution in [1.29, 1.82) is 0 Å². The maximum Gasteiger partial charge on any atom is 0.273 e. The molecule has 4 rings (SSSR count). The first-order valence-corrected chi connectivity index (χ1v) is 12.0. The zero-order valence-corrected chi connectivity index (χ0v) is 20.9. The Bertz CT molecular complexity index is 1160. The highest BCUT2D eigenvalue weighted by Gasteiger charge is 2.15. The first kappa shape index (κ1) is 27.0. The lowest BCUT2D eigenvalue weighted by molar-refractivity contribution is 0.0948. The summed E-state index contributed by atoms with van der Waals surface area (Å²) in [5, 5.41) is 16.3. The number of halogens is 1. The van der Waals surface area contributed by atoms with Crippen molar-refractivity contribution in [3.05, 3.63) is 108 Å². The van der Waals surface area contributed by atoms with E-state index < -0.39 is 0 Å². The number of oxazole rings is 1. The number of nitrogens with zero attached hydrogens (tertiary/aromatic N) is 1. The molecule has 1 amide bonds. The van der Waals surface area contributed by atoms with Gasteiger partial charge in [-0.25, -0.2) is 4.98 Å². The second kappa shape index (κ2) is 14.1. The Hall–Kier alpha value is -3.61. The molecule has 0 unspecified atom stereocenters. The molecule has 0 fully saturated rings. The Balaban J connectivity index is 0.00000361. The minimum atomic E-state index is -0.281. The van der Waals surface area contributed by atoms with Gasteiger partial charge in [0.2, 0.25) is 5.89 Å². The molecule has 6 nitrogen and oxygen atoms in total. The van der Waals surface area contributed by atoms with Gasteiger partial charge in [-0.2, -0.15) is 0 Å². The predicted octanol–water partition coefficient (Wildman–Crippen LogP) is 5.79. The predicted molar refractivity (Wildman–Crippen MR) is 145 cm³/mol. The number of hydrogen-bond donors (Lipinski definition) is 3.